The van der Waals surface area contributed by atoms with Crippen molar-refractivity contribution in [2.24, 2.45) is 0 Å². The van der Waals surface area contributed by atoms with Gasteiger partial charge >= 0.3 is 0 Å². The second kappa shape index (κ2) is 5.35. The van der Waals surface area contributed by atoms with Crippen LogP contribution >= 0.6 is 0 Å². The Hall–Kier alpha value is -2.10. The van der Waals surface area contributed by atoms with Crippen molar-refractivity contribution in [2.45, 2.75) is 46.7 Å². The number of carbonyl (C=O) groups excluding carboxylic acids is 1. The zero-order chi connectivity index (χ0) is 15.8. The number of benzene rings is 1. The molecule has 1 amide bonds. The lowest BCUT2D eigenvalue weighted by Crippen LogP contribution is -2.44. The maximum atomic E-state index is 12.2. The van der Waals surface area contributed by atoms with Crippen LogP contribution in [-0.4, -0.2) is 21.3 Å². The maximum absolute atomic E-state index is 12.2. The number of hydrogen-bond acceptors (Lipinski definition) is 2. The van der Waals surface area contributed by atoms with Gasteiger partial charge < -0.3 is 9.88 Å². The van der Waals surface area contributed by atoms with Crippen molar-refractivity contribution in [3.8, 4) is 0 Å². The second-order valence-corrected chi connectivity index (χ2v) is 6.49. The number of nitrogens with zero attached hydrogens (tertiary/aromatic N) is 1. The summed E-state index contributed by atoms with van der Waals surface area (Å²) in [6.07, 6.45) is 0. The SMILES string of the molecule is CC(=O)N(Cc1cc2cc(C)ccc2[nH]c1=O)C(C)(C)C. The highest BCUT2D eigenvalue weighted by atomic mass is 16.2. The van der Waals surface area contributed by atoms with Crippen LogP contribution in [0.25, 0.3) is 10.9 Å². The van der Waals surface area contributed by atoms with E-state index in [2.05, 4.69) is 4.98 Å². The highest BCUT2D eigenvalue weighted by molar-refractivity contribution is 5.80. The van der Waals surface area contributed by atoms with E-state index in [4.69, 9.17) is 0 Å². The van der Waals surface area contributed by atoms with Crippen molar-refractivity contribution in [3.05, 3.63) is 45.7 Å². The zero-order valence-corrected chi connectivity index (χ0v) is 13.3. The summed E-state index contributed by atoms with van der Waals surface area (Å²) in [5.41, 5.74) is 2.11. The van der Waals surface area contributed by atoms with Crippen LogP contribution in [0.15, 0.2) is 29.1 Å². The molecule has 21 heavy (non-hydrogen) atoms. The Morgan fingerprint density at radius 3 is 2.48 bits per heavy atom. The molecule has 1 N–H and O–H groups in total. The summed E-state index contributed by atoms with van der Waals surface area (Å²) < 4.78 is 0. The van der Waals surface area contributed by atoms with Crippen LogP contribution in [0.1, 0.15) is 38.8 Å². The fraction of sp³-hybridized carbons (Fsp3) is 0.412. The van der Waals surface area contributed by atoms with Gasteiger partial charge in [0.05, 0.1) is 6.54 Å². The molecule has 0 spiro atoms. The number of nitrogens with one attached hydrogen (secondary N) is 1. The Morgan fingerprint density at radius 1 is 1.24 bits per heavy atom. The molecular weight excluding hydrogens is 264 g/mol. The van der Waals surface area contributed by atoms with Crippen molar-refractivity contribution in [1.29, 1.82) is 0 Å². The molecule has 112 valence electrons. The number of carbonyl (C=O) groups is 1. The van der Waals surface area contributed by atoms with Gasteiger partial charge in [0.25, 0.3) is 5.56 Å². The summed E-state index contributed by atoms with van der Waals surface area (Å²) >= 11 is 0. The molecule has 0 saturated heterocycles. The maximum Gasteiger partial charge on any atom is 0.253 e. The van der Waals surface area contributed by atoms with Crippen molar-refractivity contribution in [1.82, 2.24) is 9.88 Å². The lowest BCUT2D eigenvalue weighted by Gasteiger charge is -2.34. The third-order valence-corrected chi connectivity index (χ3v) is 3.59. The first-order chi connectivity index (χ1) is 9.68. The first kappa shape index (κ1) is 15.3. The minimum Gasteiger partial charge on any atom is -0.334 e. The van der Waals surface area contributed by atoms with Gasteiger partial charge in [-0.15, -0.1) is 0 Å². The smallest absolute Gasteiger partial charge is 0.253 e. The molecule has 0 fully saturated rings. The normalized spacial score (nSPS) is 11.7. The average molecular weight is 286 g/mol. The fourth-order valence-corrected chi connectivity index (χ4v) is 2.48. The van der Waals surface area contributed by atoms with E-state index in [0.29, 0.717) is 12.1 Å². The molecule has 0 unspecified atom stereocenters. The number of hydrogen-bond donors (Lipinski definition) is 1. The number of aromatic nitrogens is 1. The number of H-pyrrole nitrogens is 1. The van der Waals surface area contributed by atoms with Crippen molar-refractivity contribution in [2.75, 3.05) is 0 Å². The van der Waals surface area contributed by atoms with Gasteiger partial charge in [0.15, 0.2) is 0 Å². The molecule has 0 atom stereocenters. The summed E-state index contributed by atoms with van der Waals surface area (Å²) in [4.78, 5) is 28.6. The molecule has 0 saturated carbocycles. The first-order valence-electron chi connectivity index (χ1n) is 7.09. The summed E-state index contributed by atoms with van der Waals surface area (Å²) in [5, 5.41) is 0.988. The molecule has 1 aromatic heterocycles. The largest absolute Gasteiger partial charge is 0.334 e. The minimum absolute atomic E-state index is 0.0359. The molecule has 0 bridgehead atoms. The van der Waals surface area contributed by atoms with E-state index in [1.165, 1.54) is 6.92 Å². The molecule has 2 aromatic rings. The standard InChI is InChI=1S/C17H22N2O2/c1-11-6-7-15-13(8-11)9-14(16(21)18-15)10-19(12(2)20)17(3,4)5/h6-9H,10H2,1-5H3,(H,18,21). The van der Waals surface area contributed by atoms with Crippen LogP contribution in [0.2, 0.25) is 0 Å². The Balaban J connectivity index is 2.48. The Labute approximate surface area is 124 Å². The van der Waals surface area contributed by atoms with E-state index < -0.39 is 0 Å². The molecular formula is C17H22N2O2. The molecule has 2 rings (SSSR count). The average Bonchev–Trinajstić information content (AvgIpc) is 2.34. The summed E-state index contributed by atoms with van der Waals surface area (Å²) in [6, 6.07) is 7.78. The molecule has 4 heteroatoms. The van der Waals surface area contributed by atoms with E-state index in [-0.39, 0.29) is 17.0 Å². The predicted octanol–water partition coefficient (Wildman–Crippen LogP) is 2.98. The second-order valence-electron chi connectivity index (χ2n) is 6.49. The Morgan fingerprint density at radius 2 is 1.90 bits per heavy atom. The molecule has 0 aliphatic carbocycles. The van der Waals surface area contributed by atoms with Gasteiger partial charge in [-0.3, -0.25) is 9.59 Å². The van der Waals surface area contributed by atoms with Crippen molar-refractivity contribution >= 4 is 16.8 Å². The van der Waals surface area contributed by atoms with E-state index in [0.717, 1.165) is 16.5 Å². The van der Waals surface area contributed by atoms with Crippen molar-refractivity contribution in [3.63, 3.8) is 0 Å². The molecule has 0 aliphatic rings. The Kier molecular flexibility index (Phi) is 3.90. The highest BCUT2D eigenvalue weighted by Crippen LogP contribution is 2.18. The van der Waals surface area contributed by atoms with E-state index in [1.54, 1.807) is 4.90 Å². The number of aromatic amines is 1. The molecule has 4 nitrogen and oxygen atoms in total. The van der Waals surface area contributed by atoms with Crippen LogP contribution in [0, 0.1) is 6.92 Å². The summed E-state index contributed by atoms with van der Waals surface area (Å²) in [5.74, 6) is -0.0359. The topological polar surface area (TPSA) is 53.2 Å². The first-order valence-corrected chi connectivity index (χ1v) is 7.09. The van der Waals surface area contributed by atoms with Crippen LogP contribution in [0.4, 0.5) is 0 Å². The number of aryl methyl sites for hydroxylation is 1. The van der Waals surface area contributed by atoms with Gasteiger partial charge in [0.1, 0.15) is 0 Å². The van der Waals surface area contributed by atoms with E-state index >= 15 is 0 Å². The van der Waals surface area contributed by atoms with Crippen molar-refractivity contribution < 1.29 is 4.79 Å². The molecule has 1 aromatic carbocycles. The quantitative estimate of drug-likeness (QED) is 0.922. The van der Waals surface area contributed by atoms with Crippen LogP contribution in [0.3, 0.4) is 0 Å². The van der Waals surface area contributed by atoms with Gasteiger partial charge in [-0.1, -0.05) is 11.6 Å². The predicted molar refractivity (Wildman–Crippen MR) is 85.3 cm³/mol. The lowest BCUT2D eigenvalue weighted by molar-refractivity contribution is -0.134. The Bertz CT molecular complexity index is 739. The minimum atomic E-state index is -0.320. The fourth-order valence-electron chi connectivity index (χ4n) is 2.48. The zero-order valence-electron chi connectivity index (χ0n) is 13.3. The molecule has 1 heterocycles. The number of amides is 1. The van der Waals surface area contributed by atoms with Crippen LogP contribution < -0.4 is 5.56 Å². The van der Waals surface area contributed by atoms with Crippen LogP contribution in [0.5, 0.6) is 0 Å². The van der Waals surface area contributed by atoms with Gasteiger partial charge in [0.2, 0.25) is 5.91 Å². The number of pyridine rings is 1. The van der Waals surface area contributed by atoms with E-state index in [1.807, 2.05) is 52.0 Å². The van der Waals surface area contributed by atoms with Crippen LogP contribution in [-0.2, 0) is 11.3 Å². The van der Waals surface area contributed by atoms with Gasteiger partial charge in [-0.05, 0) is 51.3 Å². The number of rotatable bonds is 2. The summed E-state index contributed by atoms with van der Waals surface area (Å²) in [7, 11) is 0. The third kappa shape index (κ3) is 3.32. The number of fused-ring (bicyclic) bond motifs is 1. The van der Waals surface area contributed by atoms with Gasteiger partial charge in [-0.2, -0.15) is 0 Å². The third-order valence-electron chi connectivity index (χ3n) is 3.59. The lowest BCUT2D eigenvalue weighted by atomic mass is 10.0. The van der Waals surface area contributed by atoms with E-state index in [9.17, 15) is 9.59 Å². The highest BCUT2D eigenvalue weighted by Gasteiger charge is 2.24. The summed E-state index contributed by atoms with van der Waals surface area (Å²) in [6.45, 7) is 9.76. The molecule has 0 radical (unpaired) electrons. The van der Waals surface area contributed by atoms with Gasteiger partial charge in [0, 0.05) is 23.5 Å². The monoisotopic (exact) mass is 286 g/mol. The molecule has 0 aliphatic heterocycles. The van der Waals surface area contributed by atoms with Gasteiger partial charge in [-0.25, -0.2) is 0 Å².